The molecule has 0 aliphatic carbocycles. The Morgan fingerprint density at radius 2 is 1.87 bits per heavy atom. The van der Waals surface area contributed by atoms with Crippen molar-refractivity contribution in [3.8, 4) is 5.75 Å². The summed E-state index contributed by atoms with van der Waals surface area (Å²) in [6.07, 6.45) is 3.22. The van der Waals surface area contributed by atoms with E-state index >= 15 is 0 Å². The molecule has 2 aromatic carbocycles. The SMILES string of the molecule is Cc1ccc(OCCn2c(C(C)NC(=O)c3ccncc3)nc3ccccc32)c(C)c1. The van der Waals surface area contributed by atoms with E-state index in [0.29, 0.717) is 18.7 Å². The maximum Gasteiger partial charge on any atom is 0.251 e. The molecule has 1 unspecified atom stereocenters. The summed E-state index contributed by atoms with van der Waals surface area (Å²) in [4.78, 5) is 21.4. The first-order valence-corrected chi connectivity index (χ1v) is 10.4. The molecule has 31 heavy (non-hydrogen) atoms. The van der Waals surface area contributed by atoms with Crippen LogP contribution in [-0.4, -0.2) is 27.0 Å². The molecular weight excluding hydrogens is 388 g/mol. The van der Waals surface area contributed by atoms with Gasteiger partial charge in [0, 0.05) is 18.0 Å². The first kappa shape index (κ1) is 20.6. The molecule has 0 aliphatic heterocycles. The molecule has 6 nitrogen and oxygen atoms in total. The molecule has 0 saturated heterocycles. The smallest absolute Gasteiger partial charge is 0.251 e. The quantitative estimate of drug-likeness (QED) is 0.479. The highest BCUT2D eigenvalue weighted by atomic mass is 16.5. The van der Waals surface area contributed by atoms with Crippen molar-refractivity contribution in [1.29, 1.82) is 0 Å². The molecule has 4 aromatic rings. The zero-order valence-corrected chi connectivity index (χ0v) is 18.0. The summed E-state index contributed by atoms with van der Waals surface area (Å²) in [5.74, 6) is 1.53. The third-order valence-electron chi connectivity index (χ3n) is 5.26. The van der Waals surface area contributed by atoms with Crippen LogP contribution >= 0.6 is 0 Å². The molecule has 4 rings (SSSR count). The number of pyridine rings is 1. The van der Waals surface area contributed by atoms with Crippen LogP contribution in [0.15, 0.2) is 67.0 Å². The van der Waals surface area contributed by atoms with Gasteiger partial charge in [0.1, 0.15) is 18.2 Å². The van der Waals surface area contributed by atoms with E-state index < -0.39 is 0 Å². The maximum absolute atomic E-state index is 12.6. The fraction of sp³-hybridized carbons (Fsp3) is 0.240. The lowest BCUT2D eigenvalue weighted by molar-refractivity contribution is 0.0937. The number of fused-ring (bicyclic) bond motifs is 1. The van der Waals surface area contributed by atoms with Crippen LogP contribution in [0.5, 0.6) is 5.75 Å². The Hall–Kier alpha value is -3.67. The largest absolute Gasteiger partial charge is 0.491 e. The zero-order valence-electron chi connectivity index (χ0n) is 18.0. The minimum Gasteiger partial charge on any atom is -0.491 e. The van der Waals surface area contributed by atoms with Crippen molar-refractivity contribution in [3.63, 3.8) is 0 Å². The van der Waals surface area contributed by atoms with Crippen LogP contribution in [0, 0.1) is 13.8 Å². The third kappa shape index (κ3) is 4.58. The van der Waals surface area contributed by atoms with Crippen molar-refractivity contribution >= 4 is 16.9 Å². The number of ether oxygens (including phenoxy) is 1. The number of nitrogens with one attached hydrogen (secondary N) is 1. The fourth-order valence-electron chi connectivity index (χ4n) is 3.72. The van der Waals surface area contributed by atoms with E-state index in [1.165, 1.54) is 5.56 Å². The van der Waals surface area contributed by atoms with Crippen molar-refractivity contribution in [1.82, 2.24) is 19.9 Å². The normalized spacial score (nSPS) is 12.0. The molecule has 158 valence electrons. The van der Waals surface area contributed by atoms with Gasteiger partial charge in [0.25, 0.3) is 5.91 Å². The number of amides is 1. The van der Waals surface area contributed by atoms with Gasteiger partial charge < -0.3 is 14.6 Å². The lowest BCUT2D eigenvalue weighted by atomic mass is 10.1. The van der Waals surface area contributed by atoms with Crippen LogP contribution in [0.1, 0.15) is 40.3 Å². The second kappa shape index (κ2) is 9.00. The molecule has 0 bridgehead atoms. The molecule has 2 heterocycles. The highest BCUT2D eigenvalue weighted by Crippen LogP contribution is 2.22. The van der Waals surface area contributed by atoms with Crippen LogP contribution < -0.4 is 10.1 Å². The van der Waals surface area contributed by atoms with Crippen molar-refractivity contribution in [3.05, 3.63) is 89.5 Å². The van der Waals surface area contributed by atoms with E-state index in [2.05, 4.69) is 40.8 Å². The summed E-state index contributed by atoms with van der Waals surface area (Å²) in [7, 11) is 0. The first-order valence-electron chi connectivity index (χ1n) is 10.4. The molecule has 0 aliphatic rings. The number of rotatable bonds is 7. The molecule has 1 amide bonds. The van der Waals surface area contributed by atoms with Crippen LogP contribution in [0.2, 0.25) is 0 Å². The number of aryl methyl sites for hydroxylation is 2. The van der Waals surface area contributed by atoms with Gasteiger partial charge in [-0.05, 0) is 56.7 Å². The number of benzene rings is 2. The van der Waals surface area contributed by atoms with Gasteiger partial charge in [-0.2, -0.15) is 0 Å². The Bertz CT molecular complexity index is 1200. The first-order chi connectivity index (χ1) is 15.0. The topological polar surface area (TPSA) is 69.0 Å². The van der Waals surface area contributed by atoms with E-state index in [9.17, 15) is 4.79 Å². The molecule has 1 atom stereocenters. The average molecular weight is 415 g/mol. The molecule has 6 heteroatoms. The Balaban J connectivity index is 1.54. The lowest BCUT2D eigenvalue weighted by Gasteiger charge is -2.17. The summed E-state index contributed by atoms with van der Waals surface area (Å²) in [6.45, 7) is 7.20. The minimum atomic E-state index is -0.269. The van der Waals surface area contributed by atoms with Gasteiger partial charge in [0.05, 0.1) is 23.6 Å². The number of aromatic nitrogens is 3. The number of carbonyl (C=O) groups is 1. The van der Waals surface area contributed by atoms with E-state index in [4.69, 9.17) is 9.72 Å². The number of para-hydroxylation sites is 2. The van der Waals surface area contributed by atoms with E-state index in [1.54, 1.807) is 24.5 Å². The zero-order chi connectivity index (χ0) is 21.8. The van der Waals surface area contributed by atoms with Crippen molar-refractivity contribution in [2.45, 2.75) is 33.4 Å². The summed E-state index contributed by atoms with van der Waals surface area (Å²) in [5, 5.41) is 3.05. The van der Waals surface area contributed by atoms with Crippen LogP contribution in [0.3, 0.4) is 0 Å². The molecule has 0 saturated carbocycles. The van der Waals surface area contributed by atoms with E-state index in [1.807, 2.05) is 37.3 Å². The Kier molecular flexibility index (Phi) is 5.98. The van der Waals surface area contributed by atoms with Crippen molar-refractivity contribution in [2.24, 2.45) is 0 Å². The molecule has 0 fully saturated rings. The highest BCUT2D eigenvalue weighted by Gasteiger charge is 2.19. The second-order valence-electron chi connectivity index (χ2n) is 7.66. The summed E-state index contributed by atoms with van der Waals surface area (Å²) in [5.41, 5.74) is 4.82. The van der Waals surface area contributed by atoms with Gasteiger partial charge in [-0.1, -0.05) is 29.8 Å². The minimum absolute atomic E-state index is 0.153. The molecule has 0 spiro atoms. The third-order valence-corrected chi connectivity index (χ3v) is 5.26. The Morgan fingerprint density at radius 3 is 2.65 bits per heavy atom. The van der Waals surface area contributed by atoms with Crippen LogP contribution in [-0.2, 0) is 6.54 Å². The van der Waals surface area contributed by atoms with Gasteiger partial charge in [0.15, 0.2) is 0 Å². The fourth-order valence-corrected chi connectivity index (χ4v) is 3.72. The number of hydrogen-bond acceptors (Lipinski definition) is 4. The lowest BCUT2D eigenvalue weighted by Crippen LogP contribution is -2.29. The number of nitrogens with zero attached hydrogens (tertiary/aromatic N) is 3. The second-order valence-corrected chi connectivity index (χ2v) is 7.66. The molecular formula is C25H26N4O2. The van der Waals surface area contributed by atoms with Crippen LogP contribution in [0.4, 0.5) is 0 Å². The Labute approximate surface area is 181 Å². The number of imidazole rings is 1. The average Bonchev–Trinajstić information content (AvgIpc) is 3.15. The predicted octanol–water partition coefficient (Wildman–Crippen LogP) is 4.62. The summed E-state index contributed by atoms with van der Waals surface area (Å²) in [6, 6.07) is 17.3. The highest BCUT2D eigenvalue weighted by molar-refractivity contribution is 5.94. The van der Waals surface area contributed by atoms with Gasteiger partial charge in [-0.3, -0.25) is 9.78 Å². The number of hydrogen-bond donors (Lipinski definition) is 1. The van der Waals surface area contributed by atoms with Crippen molar-refractivity contribution < 1.29 is 9.53 Å². The molecule has 2 aromatic heterocycles. The van der Waals surface area contributed by atoms with E-state index in [-0.39, 0.29) is 11.9 Å². The molecule has 1 N–H and O–H groups in total. The van der Waals surface area contributed by atoms with Gasteiger partial charge in [0.2, 0.25) is 0 Å². The van der Waals surface area contributed by atoms with Gasteiger partial charge >= 0.3 is 0 Å². The monoisotopic (exact) mass is 414 g/mol. The standard InChI is InChI=1S/C25H26N4O2/c1-17-8-9-23(18(2)16-17)31-15-14-29-22-7-5-4-6-21(22)28-24(29)19(3)27-25(30)20-10-12-26-13-11-20/h4-13,16,19H,14-15H2,1-3H3,(H,27,30). The van der Waals surface area contributed by atoms with Gasteiger partial charge in [-0.15, -0.1) is 0 Å². The number of carbonyl (C=O) groups excluding carboxylic acids is 1. The van der Waals surface area contributed by atoms with Crippen LogP contribution in [0.25, 0.3) is 11.0 Å². The Morgan fingerprint density at radius 1 is 1.10 bits per heavy atom. The van der Waals surface area contributed by atoms with E-state index in [0.717, 1.165) is 28.2 Å². The summed E-state index contributed by atoms with van der Waals surface area (Å²) >= 11 is 0. The molecule has 0 radical (unpaired) electrons. The van der Waals surface area contributed by atoms with Crippen molar-refractivity contribution in [2.75, 3.05) is 6.61 Å². The van der Waals surface area contributed by atoms with Gasteiger partial charge in [-0.25, -0.2) is 4.98 Å². The summed E-state index contributed by atoms with van der Waals surface area (Å²) < 4.78 is 8.18. The predicted molar refractivity (Wildman–Crippen MR) is 121 cm³/mol. The maximum atomic E-state index is 12.6.